The minimum absolute atomic E-state index is 0. The zero-order chi connectivity index (χ0) is 6.78. The Morgan fingerprint density at radius 3 is 2.00 bits per heavy atom. The van der Waals surface area contributed by atoms with Gasteiger partial charge in [0.1, 0.15) is 14.8 Å². The molecular weight excluding hydrogens is 175 g/mol. The number of halogens is 1. The Balaban J connectivity index is 0. The summed E-state index contributed by atoms with van der Waals surface area (Å²) in [4.78, 5) is 0. The third kappa shape index (κ3) is 5.63. The van der Waals surface area contributed by atoms with Gasteiger partial charge >= 0.3 is 29.6 Å². The van der Waals surface area contributed by atoms with Gasteiger partial charge in [-0.05, 0) is 6.42 Å². The molecule has 6 heteroatoms. The van der Waals surface area contributed by atoms with Gasteiger partial charge in [0.05, 0.1) is 0 Å². The molecule has 0 rings (SSSR count). The van der Waals surface area contributed by atoms with Crippen LogP contribution in [0.4, 0.5) is 0 Å². The molecule has 1 unspecified atom stereocenters. The van der Waals surface area contributed by atoms with Crippen molar-refractivity contribution in [3.05, 3.63) is 0 Å². The average molecular weight is 181 g/mol. The number of hydrogen-bond acceptors (Lipinski definition) is 3. The molecule has 0 heterocycles. The molecule has 9 heavy (non-hydrogen) atoms. The third-order valence-electron chi connectivity index (χ3n) is 0.634. The zero-order valence-electron chi connectivity index (χ0n) is 5.30. The predicted molar refractivity (Wildman–Crippen MR) is 29.6 cm³/mol. The maximum absolute atomic E-state index is 9.87. The van der Waals surface area contributed by atoms with Gasteiger partial charge in [-0.3, -0.25) is 0 Å². The summed E-state index contributed by atoms with van der Waals surface area (Å²) in [5, 5.41) is 0. The number of rotatable bonds is 2. The van der Waals surface area contributed by atoms with Gasteiger partial charge in [0.15, 0.2) is 0 Å². The monoisotopic (exact) mass is 180 g/mol. The van der Waals surface area contributed by atoms with Crippen molar-refractivity contribution in [3.8, 4) is 0 Å². The van der Waals surface area contributed by atoms with E-state index < -0.39 is 14.8 Å². The summed E-state index contributed by atoms with van der Waals surface area (Å²) in [6.07, 6.45) is 0.160. The molecule has 50 valence electrons. The Morgan fingerprint density at radius 1 is 1.67 bits per heavy atom. The first kappa shape index (κ1) is 12.8. The average Bonchev–Trinajstić information content (AvgIpc) is 1.62. The fraction of sp³-hybridized carbons (Fsp3) is 1.00. The van der Waals surface area contributed by atoms with Crippen LogP contribution in [0.1, 0.15) is 13.3 Å². The fourth-order valence-corrected chi connectivity index (χ4v) is 0.612. The molecule has 0 amide bonds. The zero-order valence-corrected chi connectivity index (χ0v) is 8.87. The molecule has 0 saturated carbocycles. The summed E-state index contributed by atoms with van der Waals surface area (Å²) in [6.45, 7) is 1.53. The van der Waals surface area contributed by atoms with Gasteiger partial charge in [-0.15, -0.1) is 11.6 Å². The Morgan fingerprint density at radius 2 is 2.00 bits per heavy atom. The van der Waals surface area contributed by atoms with E-state index in [0.29, 0.717) is 0 Å². The summed E-state index contributed by atoms with van der Waals surface area (Å²) < 4.78 is 28.4. The molecular formula is C3H6ClNaO3S. The quantitative estimate of drug-likeness (QED) is 0.269. The second-order valence-electron chi connectivity index (χ2n) is 1.31. The van der Waals surface area contributed by atoms with E-state index >= 15 is 0 Å². The molecule has 0 aromatic carbocycles. The van der Waals surface area contributed by atoms with Gasteiger partial charge in [0.2, 0.25) is 0 Å². The van der Waals surface area contributed by atoms with E-state index in [4.69, 9.17) is 11.6 Å². The largest absolute Gasteiger partial charge is 1.00 e. The van der Waals surface area contributed by atoms with E-state index in [-0.39, 0.29) is 36.0 Å². The van der Waals surface area contributed by atoms with Crippen molar-refractivity contribution in [2.75, 3.05) is 0 Å². The summed E-state index contributed by atoms with van der Waals surface area (Å²) in [7, 11) is -4.24. The van der Waals surface area contributed by atoms with Crippen molar-refractivity contribution >= 4 is 21.7 Å². The second kappa shape index (κ2) is 4.93. The standard InChI is InChI=1S/C3H7ClO3S.Na/c1-2-3(4)8(5,6)7;/h3H,2H2,1H3,(H,5,6,7);/q;+1/p-1. The van der Waals surface area contributed by atoms with Crippen LogP contribution >= 0.6 is 11.6 Å². The van der Waals surface area contributed by atoms with E-state index in [1.165, 1.54) is 6.92 Å². The molecule has 0 saturated heterocycles. The Labute approximate surface area is 81.8 Å². The molecule has 0 aliphatic carbocycles. The van der Waals surface area contributed by atoms with Crippen LogP contribution in [0.3, 0.4) is 0 Å². The summed E-state index contributed by atoms with van der Waals surface area (Å²) >= 11 is 5.04. The van der Waals surface area contributed by atoms with Gasteiger partial charge < -0.3 is 4.55 Å². The third-order valence-corrected chi connectivity index (χ3v) is 2.56. The molecule has 0 aliphatic rings. The Kier molecular flexibility index (Phi) is 7.04. The molecule has 0 bridgehead atoms. The van der Waals surface area contributed by atoms with Crippen LogP contribution in [0.2, 0.25) is 0 Å². The molecule has 0 N–H and O–H groups in total. The molecule has 0 aromatic heterocycles. The van der Waals surface area contributed by atoms with Crippen molar-refractivity contribution in [2.45, 2.75) is 18.1 Å². The molecule has 0 radical (unpaired) electrons. The van der Waals surface area contributed by atoms with Crippen molar-refractivity contribution in [1.82, 2.24) is 0 Å². The van der Waals surface area contributed by atoms with Gasteiger partial charge in [-0.2, -0.15) is 0 Å². The first-order valence-corrected chi connectivity index (χ1v) is 3.98. The summed E-state index contributed by atoms with van der Waals surface area (Å²) in [5.74, 6) is 0. The van der Waals surface area contributed by atoms with Gasteiger partial charge in [0.25, 0.3) is 0 Å². The van der Waals surface area contributed by atoms with Crippen LogP contribution in [0.5, 0.6) is 0 Å². The van der Waals surface area contributed by atoms with Crippen LogP contribution in [-0.2, 0) is 10.1 Å². The second-order valence-corrected chi connectivity index (χ2v) is 3.65. The van der Waals surface area contributed by atoms with Gasteiger partial charge in [-0.25, -0.2) is 8.42 Å². The minimum Gasteiger partial charge on any atom is -0.747 e. The first-order chi connectivity index (χ1) is 3.48. The first-order valence-electron chi connectivity index (χ1n) is 2.07. The van der Waals surface area contributed by atoms with Crippen LogP contribution < -0.4 is 29.6 Å². The molecule has 0 aromatic rings. The van der Waals surface area contributed by atoms with Gasteiger partial charge in [-0.1, -0.05) is 6.92 Å². The Hall–Kier alpha value is 1.20. The van der Waals surface area contributed by atoms with Crippen LogP contribution in [-0.4, -0.2) is 17.7 Å². The van der Waals surface area contributed by atoms with E-state index in [1.54, 1.807) is 0 Å². The van der Waals surface area contributed by atoms with E-state index in [1.807, 2.05) is 0 Å². The topological polar surface area (TPSA) is 57.2 Å². The summed E-state index contributed by atoms with van der Waals surface area (Å²) in [5.41, 5.74) is 0. The van der Waals surface area contributed by atoms with Crippen LogP contribution in [0.25, 0.3) is 0 Å². The minimum atomic E-state index is -4.24. The number of alkyl halides is 1. The maximum atomic E-state index is 9.87. The van der Waals surface area contributed by atoms with E-state index in [9.17, 15) is 13.0 Å². The van der Waals surface area contributed by atoms with E-state index in [2.05, 4.69) is 0 Å². The maximum Gasteiger partial charge on any atom is 1.00 e. The molecule has 0 aliphatic heterocycles. The van der Waals surface area contributed by atoms with Crippen molar-refractivity contribution in [3.63, 3.8) is 0 Å². The summed E-state index contributed by atoms with van der Waals surface area (Å²) in [6, 6.07) is 0. The van der Waals surface area contributed by atoms with Crippen molar-refractivity contribution < 1.29 is 42.5 Å². The molecule has 0 fully saturated rings. The smallest absolute Gasteiger partial charge is 0.747 e. The number of hydrogen-bond donors (Lipinski definition) is 0. The predicted octanol–water partition coefficient (Wildman–Crippen LogP) is -2.49. The SMILES string of the molecule is CCC(Cl)S(=O)(=O)[O-].[Na+]. The van der Waals surface area contributed by atoms with Crippen molar-refractivity contribution in [1.29, 1.82) is 0 Å². The van der Waals surface area contributed by atoms with Crippen LogP contribution in [0.15, 0.2) is 0 Å². The fourth-order valence-electron chi connectivity index (χ4n) is 0.204. The van der Waals surface area contributed by atoms with Crippen molar-refractivity contribution in [2.24, 2.45) is 0 Å². The van der Waals surface area contributed by atoms with Crippen LogP contribution in [0, 0.1) is 0 Å². The molecule has 1 atom stereocenters. The normalized spacial score (nSPS) is 14.1. The van der Waals surface area contributed by atoms with Gasteiger partial charge in [0, 0.05) is 0 Å². The molecule has 0 spiro atoms. The van der Waals surface area contributed by atoms with E-state index in [0.717, 1.165) is 0 Å². The molecule has 3 nitrogen and oxygen atoms in total. The Bertz CT molecular complexity index is 154.